The highest BCUT2D eigenvalue weighted by Gasteiger charge is 2.33. The second-order valence-corrected chi connectivity index (χ2v) is 8.59. The normalized spacial score (nSPS) is 15.4. The van der Waals surface area contributed by atoms with Gasteiger partial charge in [-0.05, 0) is 50.3 Å². The van der Waals surface area contributed by atoms with E-state index in [1.165, 1.54) is 0 Å². The molecule has 3 atom stereocenters. The molecule has 0 fully saturated rings. The summed E-state index contributed by atoms with van der Waals surface area (Å²) in [5.41, 5.74) is 4.05. The van der Waals surface area contributed by atoms with Crippen LogP contribution in [0.3, 0.4) is 0 Å². The minimum atomic E-state index is -2.16. The third kappa shape index (κ3) is 9.55. The molecule has 0 aliphatic heterocycles. The summed E-state index contributed by atoms with van der Waals surface area (Å²) < 4.78 is 14.2. The van der Waals surface area contributed by atoms with E-state index in [2.05, 4.69) is 5.32 Å². The molecule has 1 rings (SSSR count). The van der Waals surface area contributed by atoms with Crippen molar-refractivity contribution in [2.24, 2.45) is 11.7 Å². The van der Waals surface area contributed by atoms with Gasteiger partial charge >= 0.3 is 0 Å². The Morgan fingerprint density at radius 2 is 1.96 bits per heavy atom. The summed E-state index contributed by atoms with van der Waals surface area (Å²) >= 11 is 1.72. The Kier molecular flexibility index (Phi) is 11.2. The number of carbonyl (C=O) groups is 2. The van der Waals surface area contributed by atoms with E-state index >= 15 is 0 Å². The maximum absolute atomic E-state index is 14.2. The van der Waals surface area contributed by atoms with E-state index in [0.717, 1.165) is 24.0 Å². The van der Waals surface area contributed by atoms with Crippen molar-refractivity contribution in [3.63, 3.8) is 0 Å². The number of carbonyl (C=O) groups excluding carboxylic acids is 2. The molecular weight excluding hydrogens is 379 g/mol. The van der Waals surface area contributed by atoms with Crippen molar-refractivity contribution in [2.45, 2.75) is 57.7 Å². The molecule has 0 aliphatic carbocycles. The van der Waals surface area contributed by atoms with Crippen LogP contribution in [0.1, 0.15) is 45.1 Å². The Morgan fingerprint density at radius 3 is 2.57 bits per heavy atom. The smallest absolute Gasteiger partial charge is 0.254 e. The van der Waals surface area contributed by atoms with Crippen LogP contribution in [0.2, 0.25) is 0 Å². The molecule has 2 amide bonds. The number of hydrogen-bond acceptors (Lipinski definition) is 4. The van der Waals surface area contributed by atoms with Crippen molar-refractivity contribution < 1.29 is 19.1 Å². The van der Waals surface area contributed by atoms with Crippen LogP contribution >= 0.6 is 11.8 Å². The van der Waals surface area contributed by atoms with Crippen LogP contribution in [0.15, 0.2) is 30.3 Å². The predicted molar refractivity (Wildman–Crippen MR) is 113 cm³/mol. The molecule has 0 saturated heterocycles. The van der Waals surface area contributed by atoms with Gasteiger partial charge in [-0.2, -0.15) is 11.8 Å². The van der Waals surface area contributed by atoms with Gasteiger partial charge in [0.05, 0.1) is 6.10 Å². The van der Waals surface area contributed by atoms with Crippen molar-refractivity contribution in [1.29, 1.82) is 0 Å². The molecule has 5 nitrogen and oxygen atoms in total. The average molecular weight is 413 g/mol. The number of halogens is 1. The molecule has 0 aliphatic rings. The Labute approximate surface area is 171 Å². The molecule has 2 unspecified atom stereocenters. The molecule has 1 aromatic rings. The number of benzene rings is 1. The molecule has 0 spiro atoms. The van der Waals surface area contributed by atoms with E-state index in [-0.39, 0.29) is 25.2 Å². The SMILES string of the molecule is CCSCCNC(=O)C(CCC(C)(F)C(N)=O)C[C@@H](O)CCc1ccccc1. The molecule has 4 N–H and O–H groups in total. The summed E-state index contributed by atoms with van der Waals surface area (Å²) in [5.74, 6) is -0.0394. The second-order valence-electron chi connectivity index (χ2n) is 7.20. The number of hydrogen-bond donors (Lipinski definition) is 3. The van der Waals surface area contributed by atoms with Gasteiger partial charge in [0, 0.05) is 18.2 Å². The molecule has 0 aromatic heterocycles. The fraction of sp³-hybridized carbons (Fsp3) is 0.619. The lowest BCUT2D eigenvalue weighted by atomic mass is 9.88. The fourth-order valence-electron chi connectivity index (χ4n) is 2.88. The summed E-state index contributed by atoms with van der Waals surface area (Å²) in [6.45, 7) is 3.70. The number of aryl methyl sites for hydroxylation is 1. The van der Waals surface area contributed by atoms with Crippen molar-refractivity contribution in [3.8, 4) is 0 Å². The lowest BCUT2D eigenvalue weighted by Crippen LogP contribution is -2.39. The first-order valence-electron chi connectivity index (χ1n) is 9.82. The van der Waals surface area contributed by atoms with Gasteiger partial charge in [-0.3, -0.25) is 9.59 Å². The third-order valence-electron chi connectivity index (χ3n) is 4.76. The van der Waals surface area contributed by atoms with Gasteiger partial charge in [0.2, 0.25) is 5.91 Å². The second kappa shape index (κ2) is 12.8. The molecular formula is C21H33FN2O3S. The summed E-state index contributed by atoms with van der Waals surface area (Å²) in [6, 6.07) is 9.80. The molecule has 0 heterocycles. The number of rotatable bonds is 14. The van der Waals surface area contributed by atoms with Gasteiger partial charge in [-0.1, -0.05) is 37.3 Å². The van der Waals surface area contributed by atoms with E-state index in [0.29, 0.717) is 19.4 Å². The highest BCUT2D eigenvalue weighted by molar-refractivity contribution is 7.99. The van der Waals surface area contributed by atoms with Gasteiger partial charge < -0.3 is 16.2 Å². The standard InChI is InChI=1S/C21H33FN2O3S/c1-3-28-14-13-24-19(26)17(11-12-21(2,22)20(23)27)15-18(25)10-9-16-7-5-4-6-8-16/h4-8,17-18,25H,3,9-15H2,1-2H3,(H2,23,27)(H,24,26)/t17?,18-,21?/m0/s1. The quantitative estimate of drug-likeness (QED) is 0.410. The number of thioether (sulfide) groups is 1. The number of nitrogens with one attached hydrogen (secondary N) is 1. The highest BCUT2D eigenvalue weighted by atomic mass is 32.2. The van der Waals surface area contributed by atoms with E-state index in [9.17, 15) is 19.1 Å². The van der Waals surface area contributed by atoms with Gasteiger partial charge in [0.1, 0.15) is 0 Å². The van der Waals surface area contributed by atoms with Crippen LogP contribution in [0.5, 0.6) is 0 Å². The van der Waals surface area contributed by atoms with E-state index < -0.39 is 23.6 Å². The van der Waals surface area contributed by atoms with Crippen LogP contribution in [-0.4, -0.2) is 46.7 Å². The minimum Gasteiger partial charge on any atom is -0.393 e. The molecule has 158 valence electrons. The Balaban J connectivity index is 2.61. The first-order valence-corrected chi connectivity index (χ1v) is 11.0. The van der Waals surface area contributed by atoms with E-state index in [1.54, 1.807) is 11.8 Å². The lowest BCUT2D eigenvalue weighted by molar-refractivity contribution is -0.131. The largest absolute Gasteiger partial charge is 0.393 e. The van der Waals surface area contributed by atoms with E-state index in [4.69, 9.17) is 5.73 Å². The van der Waals surface area contributed by atoms with Crippen LogP contribution in [0.25, 0.3) is 0 Å². The molecule has 0 bridgehead atoms. The summed E-state index contributed by atoms with van der Waals surface area (Å²) in [6.07, 6.45) is 0.781. The summed E-state index contributed by atoms with van der Waals surface area (Å²) in [4.78, 5) is 23.8. The Hall–Kier alpha value is -1.60. The highest BCUT2D eigenvalue weighted by Crippen LogP contribution is 2.24. The van der Waals surface area contributed by atoms with Crippen LogP contribution in [0.4, 0.5) is 4.39 Å². The summed E-state index contributed by atoms with van der Waals surface area (Å²) in [7, 11) is 0. The maximum Gasteiger partial charge on any atom is 0.254 e. The molecule has 1 aromatic carbocycles. The zero-order valence-electron chi connectivity index (χ0n) is 16.8. The van der Waals surface area contributed by atoms with Crippen LogP contribution in [-0.2, 0) is 16.0 Å². The van der Waals surface area contributed by atoms with Crippen molar-refractivity contribution in [2.75, 3.05) is 18.1 Å². The predicted octanol–water partition coefficient (Wildman–Crippen LogP) is 2.85. The molecule has 0 saturated carbocycles. The first-order chi connectivity index (χ1) is 13.3. The van der Waals surface area contributed by atoms with Crippen molar-refractivity contribution in [1.82, 2.24) is 5.32 Å². The lowest BCUT2D eigenvalue weighted by Gasteiger charge is -2.23. The van der Waals surface area contributed by atoms with Gasteiger partial charge in [0.25, 0.3) is 5.91 Å². The number of aliphatic hydroxyl groups is 1. The van der Waals surface area contributed by atoms with Gasteiger partial charge in [0.15, 0.2) is 5.67 Å². The number of aliphatic hydroxyl groups excluding tert-OH is 1. The molecule has 7 heteroatoms. The molecule has 28 heavy (non-hydrogen) atoms. The summed E-state index contributed by atoms with van der Waals surface area (Å²) in [5, 5.41) is 13.3. The zero-order valence-corrected chi connectivity index (χ0v) is 17.6. The Morgan fingerprint density at radius 1 is 1.29 bits per heavy atom. The van der Waals surface area contributed by atoms with Crippen molar-refractivity contribution >= 4 is 23.6 Å². The van der Waals surface area contributed by atoms with Crippen molar-refractivity contribution in [3.05, 3.63) is 35.9 Å². The monoisotopic (exact) mass is 412 g/mol. The topological polar surface area (TPSA) is 92.4 Å². The van der Waals surface area contributed by atoms with Gasteiger partial charge in [-0.25, -0.2) is 4.39 Å². The van der Waals surface area contributed by atoms with Gasteiger partial charge in [-0.15, -0.1) is 0 Å². The van der Waals surface area contributed by atoms with Crippen LogP contribution in [0, 0.1) is 5.92 Å². The molecule has 0 radical (unpaired) electrons. The van der Waals surface area contributed by atoms with E-state index in [1.807, 2.05) is 37.3 Å². The third-order valence-corrected chi connectivity index (χ3v) is 5.66. The fourth-order valence-corrected chi connectivity index (χ4v) is 3.42. The minimum absolute atomic E-state index is 0.143. The number of nitrogens with two attached hydrogens (primary N) is 1. The first kappa shape index (κ1) is 24.4. The zero-order chi connectivity index (χ0) is 21.0. The maximum atomic E-state index is 14.2. The number of primary amides is 1. The average Bonchev–Trinajstić information content (AvgIpc) is 2.67. The number of alkyl halides is 1. The van der Waals surface area contributed by atoms with Crippen LogP contribution < -0.4 is 11.1 Å². The number of amides is 2. The Bertz CT molecular complexity index is 599.